The molecule has 5 rings (SSSR count). The van der Waals surface area contributed by atoms with E-state index in [9.17, 15) is 5.11 Å². The minimum atomic E-state index is 0.155. The summed E-state index contributed by atoms with van der Waals surface area (Å²) < 4.78 is 2.62. The molecule has 140 valence electrons. The highest BCUT2D eigenvalue weighted by Gasteiger charge is 2.25. The van der Waals surface area contributed by atoms with Gasteiger partial charge in [0.2, 0.25) is 0 Å². The fraction of sp³-hybridized carbons (Fsp3) is 0.190. The molecular formula is C21H18BrN5O. The van der Waals surface area contributed by atoms with Gasteiger partial charge in [0.05, 0.1) is 15.9 Å². The molecule has 1 unspecified atom stereocenters. The molecule has 1 atom stereocenters. The molecule has 4 aromatic rings. The van der Waals surface area contributed by atoms with E-state index in [0.717, 1.165) is 35.9 Å². The van der Waals surface area contributed by atoms with Crippen molar-refractivity contribution in [2.45, 2.75) is 25.3 Å². The molecule has 0 amide bonds. The second-order valence-corrected chi connectivity index (χ2v) is 7.94. The van der Waals surface area contributed by atoms with Gasteiger partial charge in [0.1, 0.15) is 23.6 Å². The number of aromatic nitrogens is 4. The smallest absolute Gasteiger partial charge is 0.164 e. The van der Waals surface area contributed by atoms with Crippen LogP contribution in [0.15, 0.2) is 53.3 Å². The molecular weight excluding hydrogens is 418 g/mol. The van der Waals surface area contributed by atoms with Crippen molar-refractivity contribution in [3.63, 3.8) is 0 Å². The Kier molecular flexibility index (Phi) is 4.05. The van der Waals surface area contributed by atoms with Crippen molar-refractivity contribution >= 4 is 32.8 Å². The summed E-state index contributed by atoms with van der Waals surface area (Å²) in [5.41, 5.74) is 11.2. The van der Waals surface area contributed by atoms with Crippen molar-refractivity contribution in [3.8, 4) is 17.0 Å². The molecule has 0 aliphatic heterocycles. The molecule has 1 aliphatic carbocycles. The van der Waals surface area contributed by atoms with E-state index in [1.165, 1.54) is 17.5 Å². The summed E-state index contributed by atoms with van der Waals surface area (Å²) in [5, 5.41) is 15.7. The Labute approximate surface area is 170 Å². The monoisotopic (exact) mass is 435 g/mol. The lowest BCUT2D eigenvalue weighted by Gasteiger charge is -2.25. The van der Waals surface area contributed by atoms with Gasteiger partial charge in [0, 0.05) is 5.56 Å². The number of nitrogens with zero attached hydrogens (tertiary/aromatic N) is 4. The third kappa shape index (κ3) is 2.74. The van der Waals surface area contributed by atoms with Gasteiger partial charge >= 0.3 is 0 Å². The number of nitrogens with two attached hydrogens (primary N) is 1. The van der Waals surface area contributed by atoms with Gasteiger partial charge in [0.15, 0.2) is 5.65 Å². The van der Waals surface area contributed by atoms with Crippen LogP contribution in [0, 0.1) is 0 Å². The number of rotatable bonds is 2. The molecule has 2 aromatic heterocycles. The molecule has 28 heavy (non-hydrogen) atoms. The third-order valence-electron chi connectivity index (χ3n) is 5.40. The molecule has 7 heteroatoms. The molecule has 0 fully saturated rings. The molecule has 0 saturated heterocycles. The predicted molar refractivity (Wildman–Crippen MR) is 112 cm³/mol. The SMILES string of the molecule is Nc1ncnc2c1c(-c1ccc(Br)c(O)c1)nn2C1CCc2ccccc2C1. The molecule has 1 aliphatic rings. The fourth-order valence-corrected chi connectivity index (χ4v) is 4.25. The summed E-state index contributed by atoms with van der Waals surface area (Å²) in [6.45, 7) is 0. The van der Waals surface area contributed by atoms with E-state index < -0.39 is 0 Å². The second-order valence-electron chi connectivity index (χ2n) is 7.08. The van der Waals surface area contributed by atoms with E-state index in [4.69, 9.17) is 10.8 Å². The van der Waals surface area contributed by atoms with Gasteiger partial charge in [-0.2, -0.15) is 5.10 Å². The lowest BCUT2D eigenvalue weighted by Crippen LogP contribution is -2.20. The van der Waals surface area contributed by atoms with E-state index in [1.54, 1.807) is 12.1 Å². The molecule has 2 heterocycles. The Morgan fingerprint density at radius 3 is 2.75 bits per heavy atom. The standard InChI is InChI=1S/C21H18BrN5O/c22-16-8-6-14(10-17(16)28)19-18-20(23)24-11-25-21(18)27(26-19)15-7-5-12-3-1-2-4-13(12)9-15/h1-4,6,8,10-11,15,28H,5,7,9H2,(H2,23,24,25). The minimum absolute atomic E-state index is 0.155. The topological polar surface area (TPSA) is 89.8 Å². The lowest BCUT2D eigenvalue weighted by molar-refractivity contribution is 0.415. The maximum absolute atomic E-state index is 10.1. The van der Waals surface area contributed by atoms with Crippen LogP contribution in [0.3, 0.4) is 0 Å². The first-order valence-corrected chi connectivity index (χ1v) is 9.95. The summed E-state index contributed by atoms with van der Waals surface area (Å²) in [6.07, 6.45) is 4.39. The molecule has 3 N–H and O–H groups in total. The molecule has 0 radical (unpaired) electrons. The average molecular weight is 436 g/mol. The maximum Gasteiger partial charge on any atom is 0.164 e. The number of benzene rings is 2. The summed E-state index contributed by atoms with van der Waals surface area (Å²) in [6, 6.07) is 14.1. The highest BCUT2D eigenvalue weighted by atomic mass is 79.9. The van der Waals surface area contributed by atoms with Crippen molar-refractivity contribution in [1.82, 2.24) is 19.7 Å². The fourth-order valence-electron chi connectivity index (χ4n) is 4.00. The van der Waals surface area contributed by atoms with E-state index >= 15 is 0 Å². The van der Waals surface area contributed by atoms with E-state index in [-0.39, 0.29) is 11.8 Å². The highest BCUT2D eigenvalue weighted by molar-refractivity contribution is 9.10. The van der Waals surface area contributed by atoms with Crippen LogP contribution >= 0.6 is 15.9 Å². The van der Waals surface area contributed by atoms with Crippen LogP contribution in [-0.4, -0.2) is 24.9 Å². The van der Waals surface area contributed by atoms with Crippen molar-refractivity contribution in [1.29, 1.82) is 0 Å². The van der Waals surface area contributed by atoms with Crippen LogP contribution in [0.4, 0.5) is 5.82 Å². The molecule has 0 saturated carbocycles. The average Bonchev–Trinajstić information content (AvgIpc) is 3.11. The van der Waals surface area contributed by atoms with Crippen LogP contribution in [0.25, 0.3) is 22.3 Å². The Morgan fingerprint density at radius 2 is 1.93 bits per heavy atom. The lowest BCUT2D eigenvalue weighted by atomic mass is 9.88. The van der Waals surface area contributed by atoms with Crippen molar-refractivity contribution in [2.75, 3.05) is 5.73 Å². The Balaban J connectivity index is 1.67. The van der Waals surface area contributed by atoms with Crippen LogP contribution in [0.1, 0.15) is 23.6 Å². The van der Waals surface area contributed by atoms with Crippen molar-refractivity contribution < 1.29 is 5.11 Å². The molecule has 2 aromatic carbocycles. The number of phenols is 1. The van der Waals surface area contributed by atoms with Gasteiger partial charge in [-0.25, -0.2) is 14.6 Å². The molecule has 6 nitrogen and oxygen atoms in total. The van der Waals surface area contributed by atoms with Crippen LogP contribution in [0.2, 0.25) is 0 Å². The number of fused-ring (bicyclic) bond motifs is 2. The number of aryl methyl sites for hydroxylation is 1. The summed E-state index contributed by atoms with van der Waals surface area (Å²) >= 11 is 3.32. The van der Waals surface area contributed by atoms with Gasteiger partial charge < -0.3 is 10.8 Å². The van der Waals surface area contributed by atoms with Crippen molar-refractivity contribution in [3.05, 3.63) is 64.4 Å². The second kappa shape index (κ2) is 6.60. The zero-order valence-electron chi connectivity index (χ0n) is 15.0. The summed E-state index contributed by atoms with van der Waals surface area (Å²) in [5.74, 6) is 0.548. The zero-order chi connectivity index (χ0) is 19.3. The number of aromatic hydroxyl groups is 1. The normalized spacial score (nSPS) is 16.2. The van der Waals surface area contributed by atoms with E-state index in [2.05, 4.69) is 50.2 Å². The first-order chi connectivity index (χ1) is 13.6. The Hall–Kier alpha value is -2.93. The number of anilines is 1. The minimum Gasteiger partial charge on any atom is -0.507 e. The summed E-state index contributed by atoms with van der Waals surface area (Å²) in [4.78, 5) is 8.67. The van der Waals surface area contributed by atoms with E-state index in [0.29, 0.717) is 16.0 Å². The van der Waals surface area contributed by atoms with Gasteiger partial charge in [0.25, 0.3) is 0 Å². The third-order valence-corrected chi connectivity index (χ3v) is 6.07. The number of hydrogen-bond acceptors (Lipinski definition) is 5. The summed E-state index contributed by atoms with van der Waals surface area (Å²) in [7, 11) is 0. The van der Waals surface area contributed by atoms with Gasteiger partial charge in [-0.3, -0.25) is 0 Å². The predicted octanol–water partition coefficient (Wildman–Crippen LogP) is 4.27. The van der Waals surface area contributed by atoms with Crippen LogP contribution in [0.5, 0.6) is 5.75 Å². The van der Waals surface area contributed by atoms with Gasteiger partial charge in [-0.15, -0.1) is 0 Å². The van der Waals surface area contributed by atoms with Crippen LogP contribution < -0.4 is 5.73 Å². The Morgan fingerprint density at radius 1 is 1.11 bits per heavy atom. The number of phenolic OH excluding ortho intramolecular Hbond substituents is 1. The zero-order valence-corrected chi connectivity index (χ0v) is 16.6. The maximum atomic E-state index is 10.1. The van der Waals surface area contributed by atoms with Crippen molar-refractivity contribution in [2.24, 2.45) is 0 Å². The number of halogens is 1. The largest absolute Gasteiger partial charge is 0.507 e. The number of hydrogen-bond donors (Lipinski definition) is 2. The Bertz CT molecular complexity index is 1200. The van der Waals surface area contributed by atoms with Gasteiger partial charge in [-0.1, -0.05) is 30.3 Å². The first kappa shape index (κ1) is 17.2. The molecule has 0 spiro atoms. The quantitative estimate of drug-likeness (QED) is 0.490. The van der Waals surface area contributed by atoms with Crippen LogP contribution in [-0.2, 0) is 12.8 Å². The highest BCUT2D eigenvalue weighted by Crippen LogP contribution is 2.37. The molecule has 0 bridgehead atoms. The van der Waals surface area contributed by atoms with Gasteiger partial charge in [-0.05, 0) is 58.5 Å². The first-order valence-electron chi connectivity index (χ1n) is 9.16. The number of nitrogen functional groups attached to an aromatic ring is 1. The van der Waals surface area contributed by atoms with E-state index in [1.807, 2.05) is 10.7 Å².